The van der Waals surface area contributed by atoms with E-state index in [2.05, 4.69) is 4.99 Å². The van der Waals surface area contributed by atoms with Crippen molar-refractivity contribution >= 4 is 34.9 Å². The number of hydrogen-bond acceptors (Lipinski definition) is 3. The van der Waals surface area contributed by atoms with E-state index >= 15 is 0 Å². The van der Waals surface area contributed by atoms with Crippen LogP contribution >= 0.6 is 23.2 Å². The number of halogens is 4. The Morgan fingerprint density at radius 1 is 1.09 bits per heavy atom. The maximum Gasteiger partial charge on any atom is 0.302 e. The van der Waals surface area contributed by atoms with Crippen molar-refractivity contribution in [2.75, 3.05) is 11.4 Å². The Hall–Kier alpha value is -2.11. The van der Waals surface area contributed by atoms with Crippen LogP contribution in [0, 0.1) is 11.6 Å². The molecule has 1 heterocycles. The molecule has 0 spiro atoms. The van der Waals surface area contributed by atoms with Gasteiger partial charge in [0, 0.05) is 23.8 Å². The van der Waals surface area contributed by atoms with Gasteiger partial charge in [-0.1, -0.05) is 23.2 Å². The van der Waals surface area contributed by atoms with Crippen LogP contribution in [-0.2, 0) is 0 Å². The van der Waals surface area contributed by atoms with Crippen LogP contribution in [0.4, 0.5) is 14.5 Å². The van der Waals surface area contributed by atoms with E-state index in [4.69, 9.17) is 27.9 Å². The fourth-order valence-corrected chi connectivity index (χ4v) is 2.43. The molecule has 3 rings (SSSR count). The van der Waals surface area contributed by atoms with Crippen molar-refractivity contribution in [1.82, 2.24) is 0 Å². The molecule has 0 saturated heterocycles. The zero-order valence-electron chi connectivity index (χ0n) is 11.6. The molecule has 0 atom stereocenters. The van der Waals surface area contributed by atoms with Gasteiger partial charge in [-0.05, 0) is 36.4 Å². The van der Waals surface area contributed by atoms with Crippen LogP contribution in [-0.4, -0.2) is 12.6 Å². The second-order valence-electron chi connectivity index (χ2n) is 4.68. The lowest BCUT2D eigenvalue weighted by Crippen LogP contribution is -2.37. The van der Waals surface area contributed by atoms with Gasteiger partial charge in [0.15, 0.2) is 11.6 Å². The van der Waals surface area contributed by atoms with E-state index in [1.807, 2.05) is 0 Å². The van der Waals surface area contributed by atoms with Crippen molar-refractivity contribution in [2.24, 2.45) is 4.99 Å². The third kappa shape index (κ3) is 3.46. The molecule has 0 aliphatic carbocycles. The number of hydrogen-bond donors (Lipinski definition) is 0. The molecule has 0 aromatic heterocycles. The highest BCUT2D eigenvalue weighted by Gasteiger charge is 2.21. The number of anilines is 1. The van der Waals surface area contributed by atoms with Gasteiger partial charge >= 0.3 is 6.02 Å². The zero-order chi connectivity index (χ0) is 16.4. The van der Waals surface area contributed by atoms with Crippen molar-refractivity contribution in [1.29, 1.82) is 0 Å². The molecular weight excluding hydrogens is 345 g/mol. The summed E-state index contributed by atoms with van der Waals surface area (Å²) in [7, 11) is 0. The van der Waals surface area contributed by atoms with Crippen molar-refractivity contribution in [3.05, 3.63) is 70.4 Å². The number of aliphatic imine (C=N–C) groups is 1. The van der Waals surface area contributed by atoms with Crippen molar-refractivity contribution in [3.8, 4) is 5.75 Å². The zero-order valence-corrected chi connectivity index (χ0v) is 13.2. The van der Waals surface area contributed by atoms with Gasteiger partial charge in [-0.3, -0.25) is 4.90 Å². The SMILES string of the molecule is Fc1ccc(OC2=NC=CCN2c2cc(Cl)ccc2Cl)c(F)c1. The molecule has 0 unspecified atom stereocenters. The van der Waals surface area contributed by atoms with Gasteiger partial charge in [-0.15, -0.1) is 0 Å². The Morgan fingerprint density at radius 2 is 1.91 bits per heavy atom. The molecule has 1 aliphatic heterocycles. The molecule has 0 fully saturated rings. The van der Waals surface area contributed by atoms with Gasteiger partial charge < -0.3 is 4.74 Å². The Labute approximate surface area is 141 Å². The molecule has 7 heteroatoms. The highest BCUT2D eigenvalue weighted by Crippen LogP contribution is 2.31. The predicted octanol–water partition coefficient (Wildman–Crippen LogP) is 5.04. The van der Waals surface area contributed by atoms with E-state index in [1.54, 1.807) is 29.2 Å². The molecule has 0 radical (unpaired) electrons. The fraction of sp³-hybridized carbons (Fsp3) is 0.0625. The number of rotatable bonds is 2. The summed E-state index contributed by atoms with van der Waals surface area (Å²) in [6.45, 7) is 0.418. The molecule has 0 amide bonds. The first-order valence-electron chi connectivity index (χ1n) is 6.63. The summed E-state index contributed by atoms with van der Waals surface area (Å²) in [5.41, 5.74) is 0.574. The van der Waals surface area contributed by atoms with E-state index < -0.39 is 11.6 Å². The minimum atomic E-state index is -0.820. The summed E-state index contributed by atoms with van der Waals surface area (Å²) >= 11 is 12.2. The first kappa shape index (κ1) is 15.8. The van der Waals surface area contributed by atoms with Gasteiger partial charge in [0.25, 0.3) is 0 Å². The average Bonchev–Trinajstić information content (AvgIpc) is 2.53. The van der Waals surface area contributed by atoms with Gasteiger partial charge in [0.05, 0.1) is 10.7 Å². The minimum Gasteiger partial charge on any atom is -0.422 e. The van der Waals surface area contributed by atoms with E-state index in [0.717, 1.165) is 12.1 Å². The lowest BCUT2D eigenvalue weighted by atomic mass is 10.3. The predicted molar refractivity (Wildman–Crippen MR) is 87.4 cm³/mol. The molecule has 23 heavy (non-hydrogen) atoms. The summed E-state index contributed by atoms with van der Waals surface area (Å²) in [5.74, 6) is -1.64. The molecule has 0 bridgehead atoms. The van der Waals surface area contributed by atoms with E-state index in [1.165, 1.54) is 12.3 Å². The number of ether oxygens (including phenoxy) is 1. The Bertz CT molecular complexity index is 809. The molecule has 1 aliphatic rings. The van der Waals surface area contributed by atoms with Crippen LogP contribution < -0.4 is 9.64 Å². The molecule has 118 valence electrons. The summed E-state index contributed by atoms with van der Waals surface area (Å²) in [4.78, 5) is 5.73. The largest absolute Gasteiger partial charge is 0.422 e. The number of nitrogens with zero attached hydrogens (tertiary/aromatic N) is 2. The monoisotopic (exact) mass is 354 g/mol. The molecular formula is C16H10Cl2F2N2O. The average molecular weight is 355 g/mol. The van der Waals surface area contributed by atoms with Gasteiger partial charge in [0.1, 0.15) is 5.82 Å². The Balaban J connectivity index is 1.94. The fourth-order valence-electron chi connectivity index (χ4n) is 2.05. The summed E-state index contributed by atoms with van der Waals surface area (Å²) in [6, 6.07) is 8.12. The lowest BCUT2D eigenvalue weighted by molar-refractivity contribution is 0.473. The first-order chi connectivity index (χ1) is 11.0. The van der Waals surface area contributed by atoms with E-state index in [9.17, 15) is 8.78 Å². The van der Waals surface area contributed by atoms with Gasteiger partial charge in [-0.2, -0.15) is 0 Å². The van der Waals surface area contributed by atoms with Gasteiger partial charge in [-0.25, -0.2) is 13.8 Å². The lowest BCUT2D eigenvalue weighted by Gasteiger charge is -2.27. The molecule has 0 N–H and O–H groups in total. The standard InChI is InChI=1S/C16H10Cl2F2N2O/c17-10-2-4-12(18)14(8-10)22-7-1-6-21-16(22)23-15-5-3-11(19)9-13(15)20/h1-6,8-9H,7H2. The Morgan fingerprint density at radius 3 is 2.70 bits per heavy atom. The summed E-state index contributed by atoms with van der Waals surface area (Å²) in [6.07, 6.45) is 3.32. The van der Waals surface area contributed by atoms with Crippen LogP contribution in [0.3, 0.4) is 0 Å². The van der Waals surface area contributed by atoms with Crippen molar-refractivity contribution < 1.29 is 13.5 Å². The molecule has 3 nitrogen and oxygen atoms in total. The first-order valence-corrected chi connectivity index (χ1v) is 7.38. The van der Waals surface area contributed by atoms with E-state index in [-0.39, 0.29) is 11.8 Å². The smallest absolute Gasteiger partial charge is 0.302 e. The maximum atomic E-state index is 13.8. The van der Waals surface area contributed by atoms with Crippen molar-refractivity contribution in [2.45, 2.75) is 0 Å². The van der Waals surface area contributed by atoms with E-state index in [0.29, 0.717) is 22.3 Å². The topological polar surface area (TPSA) is 24.8 Å². The van der Waals surface area contributed by atoms with Crippen LogP contribution in [0.5, 0.6) is 5.75 Å². The van der Waals surface area contributed by atoms with Crippen LogP contribution in [0.1, 0.15) is 0 Å². The van der Waals surface area contributed by atoms with Crippen LogP contribution in [0.2, 0.25) is 10.0 Å². The third-order valence-electron chi connectivity index (χ3n) is 3.10. The maximum absolute atomic E-state index is 13.8. The summed E-state index contributed by atoms with van der Waals surface area (Å²) < 4.78 is 32.2. The molecule has 0 saturated carbocycles. The number of amidine groups is 1. The second-order valence-corrected chi connectivity index (χ2v) is 5.52. The normalized spacial score (nSPS) is 13.9. The van der Waals surface area contributed by atoms with Crippen LogP contribution in [0.15, 0.2) is 53.7 Å². The molecule has 2 aromatic rings. The van der Waals surface area contributed by atoms with Crippen LogP contribution in [0.25, 0.3) is 0 Å². The third-order valence-corrected chi connectivity index (χ3v) is 3.66. The highest BCUT2D eigenvalue weighted by molar-refractivity contribution is 6.35. The highest BCUT2D eigenvalue weighted by atomic mass is 35.5. The Kier molecular flexibility index (Phi) is 4.50. The minimum absolute atomic E-state index is 0.113. The van der Waals surface area contributed by atoms with Gasteiger partial charge in [0.2, 0.25) is 0 Å². The van der Waals surface area contributed by atoms with Crippen molar-refractivity contribution in [3.63, 3.8) is 0 Å². The summed E-state index contributed by atoms with van der Waals surface area (Å²) in [5, 5.41) is 0.937. The second kappa shape index (κ2) is 6.56. The quantitative estimate of drug-likeness (QED) is 0.754. The number of benzene rings is 2. The molecule has 2 aromatic carbocycles.